The van der Waals surface area contributed by atoms with Crippen molar-refractivity contribution in [2.45, 2.75) is 38.8 Å². The van der Waals surface area contributed by atoms with Crippen LogP contribution in [0.3, 0.4) is 0 Å². The third-order valence-electron chi connectivity index (χ3n) is 3.97. The molecule has 0 unspecified atom stereocenters. The summed E-state index contributed by atoms with van der Waals surface area (Å²) in [6.07, 6.45) is 3.20. The molecule has 0 aliphatic rings. The fourth-order valence-electron chi connectivity index (χ4n) is 2.64. The molecule has 1 aromatic heterocycles. The molecule has 0 saturated carbocycles. The van der Waals surface area contributed by atoms with Crippen LogP contribution < -0.4 is 5.32 Å². The van der Waals surface area contributed by atoms with Gasteiger partial charge in [0, 0.05) is 18.0 Å². The van der Waals surface area contributed by atoms with Crippen LogP contribution in [-0.4, -0.2) is 64.1 Å². The molecule has 0 spiro atoms. The highest BCUT2D eigenvalue weighted by Crippen LogP contribution is 2.24. The highest BCUT2D eigenvalue weighted by molar-refractivity contribution is 6.27. The number of para-hydroxylation sites is 1. The van der Waals surface area contributed by atoms with Crippen molar-refractivity contribution in [3.8, 4) is 0 Å². The van der Waals surface area contributed by atoms with Gasteiger partial charge < -0.3 is 25.0 Å². The first-order chi connectivity index (χ1) is 14.9. The van der Waals surface area contributed by atoms with Crippen molar-refractivity contribution < 1.29 is 38.9 Å². The molecule has 174 valence electrons. The van der Waals surface area contributed by atoms with E-state index in [9.17, 15) is 9.59 Å². The standard InChI is InChI=1S/C20H26N2O4.C2H2O4/c1-6-11-25-18(23)16(21-5)12-14-13-22(19(24)26-20(2,3)4)17-10-8-7-9-15(14)17;3-1(4)2(5)6/h6-10,13,16,21H,1,11-12H2,2-5H3;(H,3,4)(H,5,6)/t16-;/m0./s1. The Hall–Kier alpha value is -3.66. The monoisotopic (exact) mass is 448 g/mol. The SMILES string of the molecule is C=CCOC(=O)[C@H](Cc1cn(C(=O)OC(C)(C)C)c2ccccc12)NC.O=C(O)C(=O)O. The molecule has 0 saturated heterocycles. The van der Waals surface area contributed by atoms with Gasteiger partial charge in [0.2, 0.25) is 0 Å². The zero-order chi connectivity index (χ0) is 24.5. The molecule has 0 bridgehead atoms. The number of ether oxygens (including phenoxy) is 2. The Morgan fingerprint density at radius 3 is 2.25 bits per heavy atom. The summed E-state index contributed by atoms with van der Waals surface area (Å²) in [6, 6.07) is 7.02. The van der Waals surface area contributed by atoms with Gasteiger partial charge in [-0.05, 0) is 39.4 Å². The minimum atomic E-state index is -1.82. The Kier molecular flexibility index (Phi) is 9.61. The first kappa shape index (κ1) is 26.4. The quantitative estimate of drug-likeness (QED) is 0.345. The lowest BCUT2D eigenvalue weighted by atomic mass is 10.1. The number of carbonyl (C=O) groups excluding carboxylic acids is 2. The molecule has 0 aliphatic carbocycles. The molecule has 2 rings (SSSR count). The molecule has 1 heterocycles. The highest BCUT2D eigenvalue weighted by Gasteiger charge is 2.24. The molecule has 1 aromatic carbocycles. The van der Waals surface area contributed by atoms with Crippen LogP contribution in [0.4, 0.5) is 4.79 Å². The van der Waals surface area contributed by atoms with E-state index in [4.69, 9.17) is 29.3 Å². The number of carboxylic acid groups (broad SMARTS) is 2. The first-order valence-corrected chi connectivity index (χ1v) is 9.64. The van der Waals surface area contributed by atoms with E-state index in [0.29, 0.717) is 6.42 Å². The van der Waals surface area contributed by atoms with Crippen LogP contribution in [0.15, 0.2) is 43.1 Å². The second-order valence-electron chi connectivity index (χ2n) is 7.60. The number of carbonyl (C=O) groups is 4. The number of benzene rings is 1. The van der Waals surface area contributed by atoms with Gasteiger partial charge in [0.05, 0.1) is 5.52 Å². The van der Waals surface area contributed by atoms with Gasteiger partial charge in [-0.15, -0.1) is 0 Å². The minimum Gasteiger partial charge on any atom is -0.473 e. The zero-order valence-corrected chi connectivity index (χ0v) is 18.5. The van der Waals surface area contributed by atoms with E-state index >= 15 is 0 Å². The smallest absolute Gasteiger partial charge is 0.419 e. The van der Waals surface area contributed by atoms with Crippen LogP contribution >= 0.6 is 0 Å². The summed E-state index contributed by atoms with van der Waals surface area (Å²) in [4.78, 5) is 42.9. The van der Waals surface area contributed by atoms with Crippen molar-refractivity contribution in [1.29, 1.82) is 0 Å². The second kappa shape index (κ2) is 11.7. The van der Waals surface area contributed by atoms with Crippen molar-refractivity contribution in [2.24, 2.45) is 0 Å². The van der Waals surface area contributed by atoms with E-state index in [1.165, 1.54) is 10.6 Å². The maximum atomic E-state index is 12.5. The van der Waals surface area contributed by atoms with E-state index in [1.54, 1.807) is 13.2 Å². The molecule has 0 radical (unpaired) electrons. The van der Waals surface area contributed by atoms with Crippen molar-refractivity contribution in [3.63, 3.8) is 0 Å². The molecular weight excluding hydrogens is 420 g/mol. The number of likely N-dealkylation sites (N-methyl/N-ethyl adjacent to an activating group) is 1. The summed E-state index contributed by atoms with van der Waals surface area (Å²) in [6.45, 7) is 9.18. The number of aromatic nitrogens is 1. The molecule has 0 fully saturated rings. The molecule has 1 atom stereocenters. The number of carboxylic acids is 2. The predicted octanol–water partition coefficient (Wildman–Crippen LogP) is 2.44. The zero-order valence-electron chi connectivity index (χ0n) is 18.5. The summed E-state index contributed by atoms with van der Waals surface area (Å²) >= 11 is 0. The topological polar surface area (TPSA) is 144 Å². The van der Waals surface area contributed by atoms with E-state index in [-0.39, 0.29) is 12.6 Å². The third kappa shape index (κ3) is 7.88. The van der Waals surface area contributed by atoms with E-state index in [2.05, 4.69) is 11.9 Å². The van der Waals surface area contributed by atoms with Gasteiger partial charge in [-0.3, -0.25) is 9.36 Å². The number of aliphatic carboxylic acids is 2. The van der Waals surface area contributed by atoms with E-state index in [1.807, 2.05) is 45.0 Å². The molecule has 0 aliphatic heterocycles. The molecule has 2 aromatic rings. The summed E-state index contributed by atoms with van der Waals surface area (Å²) in [7, 11) is 1.70. The third-order valence-corrected chi connectivity index (χ3v) is 3.97. The second-order valence-corrected chi connectivity index (χ2v) is 7.60. The number of esters is 1. The predicted molar refractivity (Wildman–Crippen MR) is 117 cm³/mol. The van der Waals surface area contributed by atoms with Crippen LogP contribution in [0.25, 0.3) is 10.9 Å². The van der Waals surface area contributed by atoms with Gasteiger partial charge in [0.1, 0.15) is 18.2 Å². The van der Waals surface area contributed by atoms with Crippen molar-refractivity contribution in [3.05, 3.63) is 48.7 Å². The summed E-state index contributed by atoms with van der Waals surface area (Å²) in [5, 5.41) is 18.6. The fourth-order valence-corrected chi connectivity index (χ4v) is 2.64. The number of rotatable bonds is 6. The maximum Gasteiger partial charge on any atom is 0.419 e. The average Bonchev–Trinajstić information content (AvgIpc) is 3.08. The van der Waals surface area contributed by atoms with Gasteiger partial charge in [0.25, 0.3) is 0 Å². The summed E-state index contributed by atoms with van der Waals surface area (Å²) < 4.78 is 12.1. The van der Waals surface area contributed by atoms with Gasteiger partial charge >= 0.3 is 24.0 Å². The van der Waals surface area contributed by atoms with E-state index < -0.39 is 29.7 Å². The number of hydrogen-bond donors (Lipinski definition) is 3. The van der Waals surface area contributed by atoms with Crippen LogP contribution in [0, 0.1) is 0 Å². The number of hydrogen-bond acceptors (Lipinski definition) is 7. The van der Waals surface area contributed by atoms with Gasteiger partial charge in [-0.25, -0.2) is 14.4 Å². The fraction of sp³-hybridized carbons (Fsp3) is 0.364. The Morgan fingerprint density at radius 2 is 1.75 bits per heavy atom. The number of fused-ring (bicyclic) bond motifs is 1. The first-order valence-electron chi connectivity index (χ1n) is 9.64. The lowest BCUT2D eigenvalue weighted by molar-refractivity contribution is -0.159. The summed E-state index contributed by atoms with van der Waals surface area (Å²) in [5.41, 5.74) is 1.01. The molecule has 32 heavy (non-hydrogen) atoms. The van der Waals surface area contributed by atoms with Gasteiger partial charge in [-0.2, -0.15) is 0 Å². The Balaban J connectivity index is 0.000000751. The Morgan fingerprint density at radius 1 is 1.16 bits per heavy atom. The van der Waals surface area contributed by atoms with Crippen LogP contribution in [0.2, 0.25) is 0 Å². The molecule has 3 N–H and O–H groups in total. The van der Waals surface area contributed by atoms with Crippen LogP contribution in [0.1, 0.15) is 26.3 Å². The molecular formula is C22H28N2O8. The average molecular weight is 448 g/mol. The van der Waals surface area contributed by atoms with Crippen molar-refractivity contribution in [2.75, 3.05) is 13.7 Å². The van der Waals surface area contributed by atoms with Crippen LogP contribution in [-0.2, 0) is 30.3 Å². The number of nitrogens with one attached hydrogen (secondary N) is 1. The maximum absolute atomic E-state index is 12.5. The van der Waals surface area contributed by atoms with Crippen LogP contribution in [0.5, 0.6) is 0 Å². The van der Waals surface area contributed by atoms with Gasteiger partial charge in [-0.1, -0.05) is 30.9 Å². The molecule has 10 nitrogen and oxygen atoms in total. The normalized spacial score (nSPS) is 11.6. The largest absolute Gasteiger partial charge is 0.473 e. The van der Waals surface area contributed by atoms with Gasteiger partial charge in [0.15, 0.2) is 0 Å². The van der Waals surface area contributed by atoms with Crippen molar-refractivity contribution >= 4 is 34.9 Å². The molecule has 10 heteroatoms. The Labute approximate surface area is 185 Å². The molecule has 0 amide bonds. The number of nitrogens with zero attached hydrogens (tertiary/aromatic N) is 1. The minimum absolute atomic E-state index is 0.163. The van der Waals surface area contributed by atoms with Crippen molar-refractivity contribution in [1.82, 2.24) is 9.88 Å². The lowest BCUT2D eigenvalue weighted by Gasteiger charge is -2.19. The van der Waals surface area contributed by atoms with E-state index in [0.717, 1.165) is 16.5 Å². The lowest BCUT2D eigenvalue weighted by Crippen LogP contribution is -2.37. The summed E-state index contributed by atoms with van der Waals surface area (Å²) in [5.74, 6) is -4.01. The highest BCUT2D eigenvalue weighted by atomic mass is 16.6. The Bertz CT molecular complexity index is 975.